The molecule has 1 N–H and O–H groups in total. The maximum Gasteiger partial charge on any atom is 0.243 e. The van der Waals surface area contributed by atoms with Gasteiger partial charge in [0, 0.05) is 12.6 Å². The molecule has 4 nitrogen and oxygen atoms in total. The van der Waals surface area contributed by atoms with Crippen molar-refractivity contribution >= 4 is 10.0 Å². The second-order valence-corrected chi connectivity index (χ2v) is 7.25. The highest BCUT2D eigenvalue weighted by atomic mass is 32.2. The minimum Gasteiger partial charge on any atom is -0.392 e. The molecule has 1 atom stereocenters. The summed E-state index contributed by atoms with van der Waals surface area (Å²) in [6.45, 7) is 2.65. The molecule has 1 aromatic carbocycles. The third-order valence-electron chi connectivity index (χ3n) is 3.91. The fraction of sp³-hybridized carbons (Fsp3) is 0.600. The van der Waals surface area contributed by atoms with Crippen LogP contribution in [0.1, 0.15) is 44.6 Å². The van der Waals surface area contributed by atoms with Crippen molar-refractivity contribution < 1.29 is 13.5 Å². The Morgan fingerprint density at radius 3 is 2.55 bits per heavy atom. The van der Waals surface area contributed by atoms with E-state index < -0.39 is 10.0 Å². The summed E-state index contributed by atoms with van der Waals surface area (Å²) in [6.07, 6.45) is 4.93. The summed E-state index contributed by atoms with van der Waals surface area (Å²) in [5.41, 5.74) is 0.729. The Bertz CT molecular complexity index is 523. The third-order valence-corrected chi connectivity index (χ3v) is 5.87. The molecule has 20 heavy (non-hydrogen) atoms. The van der Waals surface area contributed by atoms with Crippen molar-refractivity contribution in [2.45, 2.75) is 56.6 Å². The highest BCUT2D eigenvalue weighted by Crippen LogP contribution is 2.27. The van der Waals surface area contributed by atoms with Gasteiger partial charge in [0.15, 0.2) is 0 Å². The van der Waals surface area contributed by atoms with Gasteiger partial charge in [0.25, 0.3) is 0 Å². The number of nitrogens with zero attached hydrogens (tertiary/aromatic N) is 1. The number of hydrogen-bond acceptors (Lipinski definition) is 3. The van der Waals surface area contributed by atoms with Crippen LogP contribution in [0.15, 0.2) is 29.2 Å². The summed E-state index contributed by atoms with van der Waals surface area (Å²) in [6, 6.07) is 6.67. The molecule has 1 saturated heterocycles. The molecule has 112 valence electrons. The lowest BCUT2D eigenvalue weighted by Crippen LogP contribution is -2.43. The van der Waals surface area contributed by atoms with Crippen LogP contribution in [0.5, 0.6) is 0 Å². The van der Waals surface area contributed by atoms with Crippen molar-refractivity contribution in [2.75, 3.05) is 6.54 Å². The number of hydrogen-bond donors (Lipinski definition) is 1. The number of benzene rings is 1. The van der Waals surface area contributed by atoms with E-state index in [1.165, 1.54) is 0 Å². The molecule has 1 heterocycles. The Hall–Kier alpha value is -0.910. The SMILES string of the molecule is CCCC1CCCCN1S(=O)(=O)c1ccc(CO)cc1. The zero-order valence-corrected chi connectivity index (χ0v) is 12.8. The number of piperidine rings is 1. The van der Waals surface area contributed by atoms with Crippen molar-refractivity contribution in [2.24, 2.45) is 0 Å². The quantitative estimate of drug-likeness (QED) is 0.908. The fourth-order valence-electron chi connectivity index (χ4n) is 2.81. The average Bonchev–Trinajstić information content (AvgIpc) is 2.48. The van der Waals surface area contributed by atoms with E-state index in [1.807, 2.05) is 0 Å². The second kappa shape index (κ2) is 6.70. The predicted octanol–water partition coefficient (Wildman–Crippen LogP) is 2.52. The van der Waals surface area contributed by atoms with Crippen molar-refractivity contribution in [3.05, 3.63) is 29.8 Å². The molecule has 1 fully saturated rings. The molecule has 0 bridgehead atoms. The molecule has 0 amide bonds. The van der Waals surface area contributed by atoms with Crippen LogP contribution in [0.4, 0.5) is 0 Å². The first-order chi connectivity index (χ1) is 9.59. The van der Waals surface area contributed by atoms with Crippen molar-refractivity contribution in [1.82, 2.24) is 4.31 Å². The smallest absolute Gasteiger partial charge is 0.243 e. The normalized spacial score (nSPS) is 21.0. The zero-order valence-electron chi connectivity index (χ0n) is 12.0. The first-order valence-electron chi connectivity index (χ1n) is 7.31. The van der Waals surface area contributed by atoms with E-state index in [2.05, 4.69) is 6.92 Å². The molecule has 0 aromatic heterocycles. The number of aliphatic hydroxyl groups is 1. The Labute approximate surface area is 121 Å². The number of sulfonamides is 1. The van der Waals surface area contributed by atoms with E-state index in [4.69, 9.17) is 5.11 Å². The first-order valence-corrected chi connectivity index (χ1v) is 8.75. The average molecular weight is 297 g/mol. The van der Waals surface area contributed by atoms with Gasteiger partial charge in [-0.15, -0.1) is 0 Å². The largest absolute Gasteiger partial charge is 0.392 e. The molecule has 1 unspecified atom stereocenters. The lowest BCUT2D eigenvalue weighted by Gasteiger charge is -2.34. The van der Waals surface area contributed by atoms with Crippen LogP contribution in [-0.4, -0.2) is 30.4 Å². The summed E-state index contributed by atoms with van der Waals surface area (Å²) >= 11 is 0. The lowest BCUT2D eigenvalue weighted by atomic mass is 10.0. The van der Waals surface area contributed by atoms with Crippen LogP contribution in [0.25, 0.3) is 0 Å². The van der Waals surface area contributed by atoms with Crippen LogP contribution < -0.4 is 0 Å². The van der Waals surface area contributed by atoms with Crippen molar-refractivity contribution in [3.8, 4) is 0 Å². The van der Waals surface area contributed by atoms with E-state index in [0.717, 1.165) is 37.7 Å². The molecular weight excluding hydrogens is 274 g/mol. The molecule has 2 rings (SSSR count). The Morgan fingerprint density at radius 2 is 1.95 bits per heavy atom. The van der Waals surface area contributed by atoms with Crippen molar-refractivity contribution in [1.29, 1.82) is 0 Å². The number of aliphatic hydroxyl groups excluding tert-OH is 1. The van der Waals surface area contributed by atoms with E-state index in [9.17, 15) is 8.42 Å². The molecule has 0 saturated carbocycles. The minimum absolute atomic E-state index is 0.0670. The van der Waals surface area contributed by atoms with Gasteiger partial charge in [-0.1, -0.05) is 31.9 Å². The molecule has 0 spiro atoms. The monoisotopic (exact) mass is 297 g/mol. The second-order valence-electron chi connectivity index (χ2n) is 5.36. The predicted molar refractivity (Wildman–Crippen MR) is 78.8 cm³/mol. The number of rotatable bonds is 5. The van der Waals surface area contributed by atoms with Crippen LogP contribution in [0.3, 0.4) is 0 Å². The minimum atomic E-state index is -3.41. The van der Waals surface area contributed by atoms with Gasteiger partial charge in [0.1, 0.15) is 0 Å². The van der Waals surface area contributed by atoms with Crippen molar-refractivity contribution in [3.63, 3.8) is 0 Å². The van der Waals surface area contributed by atoms with Gasteiger partial charge >= 0.3 is 0 Å². The molecule has 0 radical (unpaired) electrons. The summed E-state index contributed by atoms with van der Waals surface area (Å²) in [4.78, 5) is 0.331. The maximum absolute atomic E-state index is 12.7. The van der Waals surface area contributed by atoms with Crippen LogP contribution in [0, 0.1) is 0 Å². The molecule has 0 aliphatic carbocycles. The Balaban J connectivity index is 2.26. The van der Waals surface area contributed by atoms with Crippen LogP contribution in [-0.2, 0) is 16.6 Å². The highest BCUT2D eigenvalue weighted by molar-refractivity contribution is 7.89. The van der Waals surface area contributed by atoms with E-state index >= 15 is 0 Å². The van der Waals surface area contributed by atoms with Gasteiger partial charge in [-0.2, -0.15) is 4.31 Å². The van der Waals surface area contributed by atoms with Gasteiger partial charge in [-0.05, 0) is 37.0 Å². The van der Waals surface area contributed by atoms with E-state index in [0.29, 0.717) is 11.4 Å². The lowest BCUT2D eigenvalue weighted by molar-refractivity contribution is 0.239. The first kappa shape index (κ1) is 15.5. The van der Waals surface area contributed by atoms with Gasteiger partial charge in [-0.3, -0.25) is 0 Å². The molecule has 1 aliphatic heterocycles. The standard InChI is InChI=1S/C15H23NO3S/c1-2-5-14-6-3-4-11-16(14)20(18,19)15-9-7-13(12-17)8-10-15/h7-10,14,17H,2-6,11-12H2,1H3. The molecule has 1 aromatic rings. The van der Waals surface area contributed by atoms with Crippen LogP contribution in [0.2, 0.25) is 0 Å². The highest BCUT2D eigenvalue weighted by Gasteiger charge is 2.32. The molecule has 1 aliphatic rings. The Morgan fingerprint density at radius 1 is 1.25 bits per heavy atom. The van der Waals surface area contributed by atoms with Crippen LogP contribution >= 0.6 is 0 Å². The molecular formula is C15H23NO3S. The fourth-order valence-corrected chi connectivity index (χ4v) is 4.54. The van der Waals surface area contributed by atoms with Gasteiger partial charge in [0.05, 0.1) is 11.5 Å². The van der Waals surface area contributed by atoms with Gasteiger partial charge < -0.3 is 5.11 Å². The maximum atomic E-state index is 12.7. The Kier molecular flexibility index (Phi) is 5.18. The third kappa shape index (κ3) is 3.22. The topological polar surface area (TPSA) is 57.6 Å². The summed E-state index contributed by atoms with van der Waals surface area (Å²) < 4.78 is 27.1. The van der Waals surface area contributed by atoms with Gasteiger partial charge in [0.2, 0.25) is 10.0 Å². The van der Waals surface area contributed by atoms with Gasteiger partial charge in [-0.25, -0.2) is 8.42 Å². The summed E-state index contributed by atoms with van der Waals surface area (Å²) in [5, 5.41) is 9.03. The van der Waals surface area contributed by atoms with E-state index in [-0.39, 0.29) is 12.6 Å². The zero-order chi connectivity index (χ0) is 14.6. The summed E-state index contributed by atoms with van der Waals surface area (Å²) in [5.74, 6) is 0. The molecule has 5 heteroatoms. The summed E-state index contributed by atoms with van der Waals surface area (Å²) in [7, 11) is -3.41. The van der Waals surface area contributed by atoms with E-state index in [1.54, 1.807) is 28.6 Å².